The summed E-state index contributed by atoms with van der Waals surface area (Å²) in [6, 6.07) is 2.03. The Labute approximate surface area is 118 Å². The van der Waals surface area contributed by atoms with Crippen LogP contribution in [-0.2, 0) is 13.5 Å². The molecule has 2 rings (SSSR count). The third-order valence-corrected chi connectivity index (χ3v) is 7.16. The lowest BCUT2D eigenvalue weighted by Gasteiger charge is -2.33. The van der Waals surface area contributed by atoms with Crippen LogP contribution in [0.3, 0.4) is 0 Å². The Hall–Kier alpha value is -0.130. The summed E-state index contributed by atoms with van der Waals surface area (Å²) in [6.07, 6.45) is 3.35. The standard InChI is InChI=1S/C13H22N2OS2/c1-9-10(2)18-13(8-17-9)12(16)5-4-11-6-7-14-15(11)3/h6-7,9-10,12-13,16H,4-5,8H2,1-3H3. The van der Waals surface area contributed by atoms with Crippen molar-refractivity contribution in [2.75, 3.05) is 5.75 Å². The molecule has 1 saturated heterocycles. The van der Waals surface area contributed by atoms with Gasteiger partial charge < -0.3 is 5.11 Å². The molecule has 0 spiro atoms. The quantitative estimate of drug-likeness (QED) is 0.922. The molecule has 5 heteroatoms. The van der Waals surface area contributed by atoms with Gasteiger partial charge in [0.1, 0.15) is 0 Å². The van der Waals surface area contributed by atoms with Crippen LogP contribution in [0.15, 0.2) is 12.3 Å². The molecular weight excluding hydrogens is 264 g/mol. The molecule has 1 aromatic heterocycles. The molecular formula is C13H22N2OS2. The number of hydrogen-bond donors (Lipinski definition) is 1. The molecule has 0 radical (unpaired) electrons. The highest BCUT2D eigenvalue weighted by atomic mass is 32.2. The first kappa shape index (κ1) is 14.3. The van der Waals surface area contributed by atoms with Gasteiger partial charge in [-0.05, 0) is 18.9 Å². The summed E-state index contributed by atoms with van der Waals surface area (Å²) in [5.74, 6) is 1.07. The van der Waals surface area contributed by atoms with Crippen LogP contribution in [0.5, 0.6) is 0 Å². The number of nitrogens with zero attached hydrogens (tertiary/aromatic N) is 2. The van der Waals surface area contributed by atoms with Crippen molar-refractivity contribution in [3.63, 3.8) is 0 Å². The van der Waals surface area contributed by atoms with E-state index >= 15 is 0 Å². The Balaban J connectivity index is 1.81. The molecule has 0 aliphatic carbocycles. The average Bonchev–Trinajstić information content (AvgIpc) is 2.75. The zero-order valence-electron chi connectivity index (χ0n) is 11.2. The van der Waals surface area contributed by atoms with Gasteiger partial charge in [0, 0.05) is 40.4 Å². The topological polar surface area (TPSA) is 38.1 Å². The van der Waals surface area contributed by atoms with Crippen LogP contribution < -0.4 is 0 Å². The monoisotopic (exact) mass is 286 g/mol. The number of rotatable bonds is 4. The van der Waals surface area contributed by atoms with E-state index in [4.69, 9.17) is 0 Å². The van der Waals surface area contributed by atoms with Crippen molar-refractivity contribution in [1.82, 2.24) is 9.78 Å². The third kappa shape index (κ3) is 3.45. The molecule has 0 bridgehead atoms. The minimum Gasteiger partial charge on any atom is -0.392 e. The molecule has 0 amide bonds. The van der Waals surface area contributed by atoms with E-state index in [1.807, 2.05) is 47.5 Å². The molecule has 1 aliphatic heterocycles. The number of aliphatic hydroxyl groups excluding tert-OH is 1. The molecule has 3 nitrogen and oxygen atoms in total. The minimum absolute atomic E-state index is 0.202. The zero-order valence-corrected chi connectivity index (χ0v) is 12.9. The van der Waals surface area contributed by atoms with Crippen molar-refractivity contribution >= 4 is 23.5 Å². The third-order valence-electron chi connectivity index (χ3n) is 3.62. The lowest BCUT2D eigenvalue weighted by atomic mass is 10.1. The molecule has 4 unspecified atom stereocenters. The van der Waals surface area contributed by atoms with Crippen molar-refractivity contribution in [2.45, 2.75) is 48.5 Å². The van der Waals surface area contributed by atoms with Gasteiger partial charge >= 0.3 is 0 Å². The fourth-order valence-corrected chi connectivity index (χ4v) is 5.19. The van der Waals surface area contributed by atoms with Gasteiger partial charge in [0.25, 0.3) is 0 Å². The lowest BCUT2D eigenvalue weighted by molar-refractivity contribution is 0.166. The summed E-state index contributed by atoms with van der Waals surface area (Å²) < 4.78 is 1.89. The smallest absolute Gasteiger partial charge is 0.0670 e. The van der Waals surface area contributed by atoms with E-state index in [1.54, 1.807) is 0 Å². The summed E-state index contributed by atoms with van der Waals surface area (Å²) in [5, 5.41) is 16.2. The van der Waals surface area contributed by atoms with Gasteiger partial charge in [-0.1, -0.05) is 13.8 Å². The Morgan fingerprint density at radius 2 is 2.28 bits per heavy atom. The summed E-state index contributed by atoms with van der Waals surface area (Å²) in [5.41, 5.74) is 1.20. The second-order valence-corrected chi connectivity index (χ2v) is 8.00. The summed E-state index contributed by atoms with van der Waals surface area (Å²) in [4.78, 5) is 0. The van der Waals surface area contributed by atoms with Gasteiger partial charge in [0.15, 0.2) is 0 Å². The SMILES string of the molecule is CC1SCC(C(O)CCc2ccnn2C)SC1C. The van der Waals surface area contributed by atoms with Gasteiger partial charge in [-0.3, -0.25) is 4.68 Å². The van der Waals surface area contributed by atoms with Gasteiger partial charge in [-0.2, -0.15) is 28.6 Å². The molecule has 4 atom stereocenters. The molecule has 102 valence electrons. The van der Waals surface area contributed by atoms with Crippen molar-refractivity contribution in [1.29, 1.82) is 0 Å². The Kier molecular flexibility index (Phi) is 5.04. The van der Waals surface area contributed by atoms with Crippen LogP contribution in [0.2, 0.25) is 0 Å². The van der Waals surface area contributed by atoms with Crippen LogP contribution >= 0.6 is 23.5 Å². The summed E-state index contributed by atoms with van der Waals surface area (Å²) >= 11 is 3.94. The largest absolute Gasteiger partial charge is 0.392 e. The molecule has 0 aromatic carbocycles. The summed E-state index contributed by atoms with van der Waals surface area (Å²) in [7, 11) is 1.96. The normalized spacial score (nSPS) is 30.3. The predicted octanol–water partition coefficient (Wildman–Crippen LogP) is 2.34. The molecule has 1 aliphatic rings. The van der Waals surface area contributed by atoms with E-state index in [1.165, 1.54) is 5.69 Å². The number of aliphatic hydroxyl groups is 1. The Morgan fingerprint density at radius 1 is 1.50 bits per heavy atom. The van der Waals surface area contributed by atoms with E-state index in [-0.39, 0.29) is 6.10 Å². The van der Waals surface area contributed by atoms with Crippen LogP contribution in [-0.4, -0.2) is 42.5 Å². The fourth-order valence-electron chi connectivity index (χ4n) is 2.14. The highest BCUT2D eigenvalue weighted by Gasteiger charge is 2.30. The maximum atomic E-state index is 10.3. The van der Waals surface area contributed by atoms with Crippen LogP contribution in [0, 0.1) is 0 Å². The molecule has 1 fully saturated rings. The predicted molar refractivity (Wildman–Crippen MR) is 80.3 cm³/mol. The van der Waals surface area contributed by atoms with Gasteiger partial charge in [-0.15, -0.1) is 0 Å². The fraction of sp³-hybridized carbons (Fsp3) is 0.769. The van der Waals surface area contributed by atoms with E-state index in [2.05, 4.69) is 18.9 Å². The first-order valence-electron chi connectivity index (χ1n) is 6.50. The molecule has 18 heavy (non-hydrogen) atoms. The number of thioether (sulfide) groups is 2. The molecule has 1 aromatic rings. The minimum atomic E-state index is -0.202. The lowest BCUT2D eigenvalue weighted by Crippen LogP contribution is -2.34. The molecule has 0 saturated carbocycles. The molecule has 1 N–H and O–H groups in total. The van der Waals surface area contributed by atoms with E-state index < -0.39 is 0 Å². The van der Waals surface area contributed by atoms with Crippen molar-refractivity contribution in [2.24, 2.45) is 7.05 Å². The van der Waals surface area contributed by atoms with E-state index in [0.29, 0.717) is 15.7 Å². The second kappa shape index (κ2) is 6.35. The average molecular weight is 286 g/mol. The highest BCUT2D eigenvalue weighted by molar-refractivity contribution is 8.07. The van der Waals surface area contributed by atoms with E-state index in [9.17, 15) is 5.11 Å². The maximum Gasteiger partial charge on any atom is 0.0670 e. The van der Waals surface area contributed by atoms with E-state index in [0.717, 1.165) is 18.6 Å². The first-order chi connectivity index (χ1) is 8.58. The summed E-state index contributed by atoms with van der Waals surface area (Å²) in [6.45, 7) is 4.54. The van der Waals surface area contributed by atoms with Gasteiger partial charge in [-0.25, -0.2) is 0 Å². The zero-order chi connectivity index (χ0) is 13.1. The van der Waals surface area contributed by atoms with Crippen LogP contribution in [0.25, 0.3) is 0 Å². The number of aryl methyl sites for hydroxylation is 2. The Bertz CT molecular complexity index is 383. The van der Waals surface area contributed by atoms with Crippen LogP contribution in [0.1, 0.15) is 26.0 Å². The Morgan fingerprint density at radius 3 is 2.89 bits per heavy atom. The maximum absolute atomic E-state index is 10.3. The number of aromatic nitrogens is 2. The van der Waals surface area contributed by atoms with Crippen LogP contribution in [0.4, 0.5) is 0 Å². The second-order valence-electron chi connectivity index (χ2n) is 4.97. The first-order valence-corrected chi connectivity index (χ1v) is 8.49. The van der Waals surface area contributed by atoms with Gasteiger partial charge in [0.05, 0.1) is 6.10 Å². The van der Waals surface area contributed by atoms with Gasteiger partial charge in [0.2, 0.25) is 0 Å². The van der Waals surface area contributed by atoms with Crippen molar-refractivity contribution < 1.29 is 5.11 Å². The number of hydrogen-bond acceptors (Lipinski definition) is 4. The van der Waals surface area contributed by atoms with Crippen molar-refractivity contribution in [3.8, 4) is 0 Å². The highest BCUT2D eigenvalue weighted by Crippen LogP contribution is 2.37. The molecule has 2 heterocycles. The van der Waals surface area contributed by atoms with Crippen molar-refractivity contribution in [3.05, 3.63) is 18.0 Å².